The molecule has 0 atom stereocenters. The lowest BCUT2D eigenvalue weighted by Gasteiger charge is -2.08. The number of amides is 1. The van der Waals surface area contributed by atoms with Crippen molar-refractivity contribution >= 4 is 5.91 Å². The Hall–Kier alpha value is -2.24. The van der Waals surface area contributed by atoms with Gasteiger partial charge in [-0.25, -0.2) is 9.97 Å². The Morgan fingerprint density at radius 1 is 1.36 bits per heavy atom. The van der Waals surface area contributed by atoms with Crippen LogP contribution in [-0.2, 0) is 11.2 Å². The summed E-state index contributed by atoms with van der Waals surface area (Å²) in [4.78, 5) is 20.5. The van der Waals surface area contributed by atoms with E-state index in [4.69, 9.17) is 4.52 Å². The molecule has 0 unspecified atom stereocenters. The summed E-state index contributed by atoms with van der Waals surface area (Å²) < 4.78 is 5.42. The molecule has 0 aliphatic heterocycles. The van der Waals surface area contributed by atoms with Crippen LogP contribution in [0, 0.1) is 26.7 Å². The standard InChI is InChI=1S/C16H20N4O2/c1-9-10(2)20-22-15(9)13-8-18-11(3)19-14(13)6-7-17-16(21)12-4-5-12/h8,12H,4-7H2,1-3H3,(H,17,21). The molecule has 0 saturated heterocycles. The van der Waals surface area contributed by atoms with E-state index < -0.39 is 0 Å². The maximum Gasteiger partial charge on any atom is 0.223 e. The minimum absolute atomic E-state index is 0.152. The van der Waals surface area contributed by atoms with E-state index in [-0.39, 0.29) is 11.8 Å². The Morgan fingerprint density at radius 2 is 2.14 bits per heavy atom. The minimum atomic E-state index is 0.152. The fourth-order valence-electron chi connectivity index (χ4n) is 2.36. The highest BCUT2D eigenvalue weighted by Gasteiger charge is 2.29. The van der Waals surface area contributed by atoms with Crippen LogP contribution in [0.15, 0.2) is 10.7 Å². The Labute approximate surface area is 129 Å². The normalized spacial score (nSPS) is 14.1. The summed E-state index contributed by atoms with van der Waals surface area (Å²) in [6.07, 6.45) is 4.45. The van der Waals surface area contributed by atoms with E-state index in [0.717, 1.165) is 35.4 Å². The van der Waals surface area contributed by atoms with Crippen LogP contribution in [0.1, 0.15) is 35.6 Å². The molecule has 6 heteroatoms. The van der Waals surface area contributed by atoms with E-state index in [0.29, 0.717) is 24.6 Å². The smallest absolute Gasteiger partial charge is 0.223 e. The predicted molar refractivity (Wildman–Crippen MR) is 81.2 cm³/mol. The molecule has 22 heavy (non-hydrogen) atoms. The van der Waals surface area contributed by atoms with Gasteiger partial charge in [-0.2, -0.15) is 0 Å². The fourth-order valence-corrected chi connectivity index (χ4v) is 2.36. The predicted octanol–water partition coefficient (Wildman–Crippen LogP) is 2.13. The highest BCUT2D eigenvalue weighted by atomic mass is 16.5. The third-order valence-corrected chi connectivity index (χ3v) is 4.00. The van der Waals surface area contributed by atoms with E-state index in [9.17, 15) is 4.79 Å². The van der Waals surface area contributed by atoms with E-state index in [2.05, 4.69) is 20.4 Å². The molecule has 2 aromatic rings. The molecule has 1 amide bonds. The van der Waals surface area contributed by atoms with Crippen LogP contribution in [0.4, 0.5) is 0 Å². The summed E-state index contributed by atoms with van der Waals surface area (Å²) in [6.45, 7) is 6.31. The molecule has 1 fully saturated rings. The molecule has 0 aromatic carbocycles. The van der Waals surface area contributed by atoms with Crippen LogP contribution < -0.4 is 5.32 Å². The van der Waals surface area contributed by atoms with Gasteiger partial charge in [0.05, 0.1) is 17.0 Å². The molecule has 0 spiro atoms. The molecule has 2 heterocycles. The molecule has 1 aliphatic rings. The maximum absolute atomic E-state index is 11.7. The summed E-state index contributed by atoms with van der Waals surface area (Å²) in [5, 5.41) is 6.96. The molecule has 0 radical (unpaired) electrons. The first-order valence-corrected chi connectivity index (χ1v) is 7.59. The van der Waals surface area contributed by atoms with Crippen LogP contribution in [0.3, 0.4) is 0 Å². The zero-order chi connectivity index (χ0) is 15.7. The number of hydrogen-bond acceptors (Lipinski definition) is 5. The van der Waals surface area contributed by atoms with Gasteiger partial charge in [0.2, 0.25) is 5.91 Å². The lowest BCUT2D eigenvalue weighted by molar-refractivity contribution is -0.122. The van der Waals surface area contributed by atoms with Gasteiger partial charge in [-0.3, -0.25) is 4.79 Å². The molecule has 0 bridgehead atoms. The number of hydrogen-bond donors (Lipinski definition) is 1. The van der Waals surface area contributed by atoms with Crippen molar-refractivity contribution in [1.29, 1.82) is 0 Å². The summed E-state index contributed by atoms with van der Waals surface area (Å²) >= 11 is 0. The maximum atomic E-state index is 11.7. The molecular formula is C16H20N4O2. The Kier molecular flexibility index (Phi) is 3.92. The van der Waals surface area contributed by atoms with Gasteiger partial charge in [-0.05, 0) is 33.6 Å². The molecule has 116 valence electrons. The molecule has 1 aliphatic carbocycles. The summed E-state index contributed by atoms with van der Waals surface area (Å²) in [5.74, 6) is 1.80. The van der Waals surface area contributed by atoms with Crippen molar-refractivity contribution < 1.29 is 9.32 Å². The van der Waals surface area contributed by atoms with Gasteiger partial charge >= 0.3 is 0 Å². The van der Waals surface area contributed by atoms with Crippen LogP contribution >= 0.6 is 0 Å². The van der Waals surface area contributed by atoms with Crippen molar-refractivity contribution in [2.75, 3.05) is 6.54 Å². The molecule has 1 saturated carbocycles. The minimum Gasteiger partial charge on any atom is -0.356 e. The zero-order valence-electron chi connectivity index (χ0n) is 13.1. The number of nitrogens with zero attached hydrogens (tertiary/aromatic N) is 3. The van der Waals surface area contributed by atoms with Crippen molar-refractivity contribution in [3.8, 4) is 11.3 Å². The topological polar surface area (TPSA) is 80.9 Å². The Morgan fingerprint density at radius 3 is 2.77 bits per heavy atom. The van der Waals surface area contributed by atoms with Gasteiger partial charge in [0.1, 0.15) is 5.82 Å². The van der Waals surface area contributed by atoms with E-state index in [1.165, 1.54) is 0 Å². The number of carbonyl (C=O) groups excluding carboxylic acids is 1. The van der Waals surface area contributed by atoms with Gasteiger partial charge < -0.3 is 9.84 Å². The summed E-state index contributed by atoms with van der Waals surface area (Å²) in [6, 6.07) is 0. The van der Waals surface area contributed by atoms with Crippen molar-refractivity contribution in [2.24, 2.45) is 5.92 Å². The van der Waals surface area contributed by atoms with E-state index >= 15 is 0 Å². The first-order chi connectivity index (χ1) is 10.6. The quantitative estimate of drug-likeness (QED) is 0.914. The molecule has 6 nitrogen and oxygen atoms in total. The van der Waals surface area contributed by atoms with Gasteiger partial charge in [-0.15, -0.1) is 0 Å². The third-order valence-electron chi connectivity index (χ3n) is 4.00. The van der Waals surface area contributed by atoms with Crippen LogP contribution in [0.5, 0.6) is 0 Å². The summed E-state index contributed by atoms with van der Waals surface area (Å²) in [7, 11) is 0. The SMILES string of the molecule is Cc1ncc(-c2onc(C)c2C)c(CCNC(=O)C2CC2)n1. The molecule has 2 aromatic heterocycles. The summed E-state index contributed by atoms with van der Waals surface area (Å²) in [5.41, 5.74) is 3.59. The average Bonchev–Trinajstić information content (AvgIpc) is 3.28. The molecule has 1 N–H and O–H groups in total. The zero-order valence-corrected chi connectivity index (χ0v) is 13.1. The monoisotopic (exact) mass is 300 g/mol. The lowest BCUT2D eigenvalue weighted by atomic mass is 10.1. The number of aromatic nitrogens is 3. The number of aryl methyl sites for hydroxylation is 2. The van der Waals surface area contributed by atoms with E-state index in [1.807, 2.05) is 20.8 Å². The van der Waals surface area contributed by atoms with Crippen molar-refractivity contribution in [1.82, 2.24) is 20.4 Å². The highest BCUT2D eigenvalue weighted by molar-refractivity contribution is 5.80. The van der Waals surface area contributed by atoms with E-state index in [1.54, 1.807) is 6.20 Å². The highest BCUT2D eigenvalue weighted by Crippen LogP contribution is 2.29. The van der Waals surface area contributed by atoms with Crippen molar-refractivity contribution in [3.05, 3.63) is 29.0 Å². The lowest BCUT2D eigenvalue weighted by Crippen LogP contribution is -2.27. The number of carbonyl (C=O) groups is 1. The van der Waals surface area contributed by atoms with Crippen LogP contribution in [-0.4, -0.2) is 27.6 Å². The van der Waals surface area contributed by atoms with Gasteiger partial charge in [0.25, 0.3) is 0 Å². The largest absolute Gasteiger partial charge is 0.356 e. The first-order valence-electron chi connectivity index (χ1n) is 7.59. The second kappa shape index (κ2) is 5.87. The van der Waals surface area contributed by atoms with Gasteiger partial charge in [0.15, 0.2) is 5.76 Å². The van der Waals surface area contributed by atoms with Gasteiger partial charge in [0, 0.05) is 30.6 Å². The fraction of sp³-hybridized carbons (Fsp3) is 0.500. The second-order valence-electron chi connectivity index (χ2n) is 5.81. The second-order valence-corrected chi connectivity index (χ2v) is 5.81. The first kappa shape index (κ1) is 14.7. The van der Waals surface area contributed by atoms with Crippen LogP contribution in [0.25, 0.3) is 11.3 Å². The third kappa shape index (κ3) is 3.00. The Balaban J connectivity index is 1.78. The molecular weight excluding hydrogens is 280 g/mol. The van der Waals surface area contributed by atoms with Crippen LogP contribution in [0.2, 0.25) is 0 Å². The van der Waals surface area contributed by atoms with Crippen molar-refractivity contribution in [2.45, 2.75) is 40.0 Å². The Bertz CT molecular complexity index is 704. The van der Waals surface area contributed by atoms with Gasteiger partial charge in [-0.1, -0.05) is 5.16 Å². The van der Waals surface area contributed by atoms with Crippen molar-refractivity contribution in [3.63, 3.8) is 0 Å². The average molecular weight is 300 g/mol. The molecule has 3 rings (SSSR count). The number of nitrogens with one attached hydrogen (secondary N) is 1. The number of rotatable bonds is 5.